The molecule has 1 aromatic carbocycles. The zero-order chi connectivity index (χ0) is 14.0. The number of methoxy groups -OCH3 is 1. The maximum atomic E-state index is 13.9. The summed E-state index contributed by atoms with van der Waals surface area (Å²) < 4.78 is 18.6. The van der Waals surface area contributed by atoms with Crippen molar-refractivity contribution in [3.63, 3.8) is 0 Å². The van der Waals surface area contributed by atoms with Crippen LogP contribution in [0, 0.1) is 11.7 Å². The zero-order valence-electron chi connectivity index (χ0n) is 10.5. The van der Waals surface area contributed by atoms with Crippen molar-refractivity contribution in [1.82, 2.24) is 5.32 Å². The molecule has 1 amide bonds. The SMILES string of the molecule is C=C1NC(=O)CC(c2ccccc2F)C1C(=O)OC. The molecular weight excluding hydrogens is 249 g/mol. The Balaban J connectivity index is 2.44. The van der Waals surface area contributed by atoms with Gasteiger partial charge in [-0.25, -0.2) is 4.39 Å². The van der Waals surface area contributed by atoms with Crippen molar-refractivity contribution >= 4 is 11.9 Å². The molecule has 0 aromatic heterocycles. The summed E-state index contributed by atoms with van der Waals surface area (Å²) in [6.45, 7) is 3.67. The molecule has 1 aromatic rings. The average Bonchev–Trinajstić information content (AvgIpc) is 2.37. The lowest BCUT2D eigenvalue weighted by atomic mass is 9.79. The van der Waals surface area contributed by atoms with Crippen LogP contribution in [0.2, 0.25) is 0 Å². The minimum Gasteiger partial charge on any atom is -0.468 e. The predicted octanol–water partition coefficient (Wildman–Crippen LogP) is 1.73. The van der Waals surface area contributed by atoms with Gasteiger partial charge in [0.25, 0.3) is 0 Å². The number of hydrogen-bond acceptors (Lipinski definition) is 3. The van der Waals surface area contributed by atoms with Crippen LogP contribution in [0.3, 0.4) is 0 Å². The Hall–Kier alpha value is -2.17. The maximum Gasteiger partial charge on any atom is 0.315 e. The quantitative estimate of drug-likeness (QED) is 0.827. The molecule has 0 radical (unpaired) electrons. The van der Waals surface area contributed by atoms with Gasteiger partial charge in [0.15, 0.2) is 0 Å². The minimum absolute atomic E-state index is 0.0275. The highest BCUT2D eigenvalue weighted by Gasteiger charge is 2.39. The normalized spacial score (nSPS) is 22.8. The Labute approximate surface area is 110 Å². The standard InChI is InChI=1S/C14H14FNO3/c1-8-13(14(18)19-2)10(7-12(17)16-8)9-5-3-4-6-11(9)15/h3-6,10,13H,1,7H2,2H3,(H,16,17). The number of amides is 1. The molecule has 0 spiro atoms. The molecule has 1 saturated heterocycles. The summed E-state index contributed by atoms with van der Waals surface area (Å²) in [5, 5.41) is 2.51. The second kappa shape index (κ2) is 5.22. The van der Waals surface area contributed by atoms with E-state index < -0.39 is 23.6 Å². The Bertz CT molecular complexity index is 541. The fourth-order valence-corrected chi connectivity index (χ4v) is 2.37. The predicted molar refractivity (Wildman–Crippen MR) is 66.5 cm³/mol. The lowest BCUT2D eigenvalue weighted by molar-refractivity contribution is -0.146. The third kappa shape index (κ3) is 2.50. The van der Waals surface area contributed by atoms with Crippen molar-refractivity contribution < 1.29 is 18.7 Å². The molecule has 0 bridgehead atoms. The van der Waals surface area contributed by atoms with Crippen LogP contribution in [0.15, 0.2) is 36.5 Å². The number of carbonyl (C=O) groups is 2. The van der Waals surface area contributed by atoms with Crippen LogP contribution in [-0.2, 0) is 14.3 Å². The Kier molecular flexibility index (Phi) is 3.64. The molecule has 1 N–H and O–H groups in total. The third-order valence-electron chi connectivity index (χ3n) is 3.24. The summed E-state index contributed by atoms with van der Waals surface area (Å²) in [6, 6.07) is 6.10. The van der Waals surface area contributed by atoms with Gasteiger partial charge in [0, 0.05) is 18.0 Å². The van der Waals surface area contributed by atoms with Crippen molar-refractivity contribution in [1.29, 1.82) is 0 Å². The second-order valence-electron chi connectivity index (χ2n) is 4.41. The van der Waals surface area contributed by atoms with Crippen LogP contribution in [0.4, 0.5) is 4.39 Å². The van der Waals surface area contributed by atoms with E-state index in [1.807, 2.05) is 0 Å². The number of hydrogen-bond donors (Lipinski definition) is 1. The minimum atomic E-state index is -0.764. The van der Waals surface area contributed by atoms with Gasteiger partial charge in [0.05, 0.1) is 7.11 Å². The first-order valence-corrected chi connectivity index (χ1v) is 5.85. The number of halogens is 1. The summed E-state index contributed by atoms with van der Waals surface area (Å²) in [7, 11) is 1.25. The summed E-state index contributed by atoms with van der Waals surface area (Å²) in [5.41, 5.74) is 0.574. The van der Waals surface area contributed by atoms with Crippen molar-refractivity contribution in [2.75, 3.05) is 7.11 Å². The number of rotatable bonds is 2. The van der Waals surface area contributed by atoms with E-state index in [2.05, 4.69) is 11.9 Å². The van der Waals surface area contributed by atoms with Crippen molar-refractivity contribution in [3.05, 3.63) is 47.9 Å². The largest absolute Gasteiger partial charge is 0.468 e. The molecule has 1 fully saturated rings. The highest BCUT2D eigenvalue weighted by molar-refractivity contribution is 5.86. The third-order valence-corrected chi connectivity index (χ3v) is 3.24. The second-order valence-corrected chi connectivity index (χ2v) is 4.41. The molecule has 1 aliphatic heterocycles. The lowest BCUT2D eigenvalue weighted by Gasteiger charge is -2.31. The molecule has 1 heterocycles. The number of benzene rings is 1. The van der Waals surface area contributed by atoms with Crippen molar-refractivity contribution in [3.8, 4) is 0 Å². The Morgan fingerprint density at radius 2 is 2.16 bits per heavy atom. The summed E-state index contributed by atoms with van der Waals surface area (Å²) in [4.78, 5) is 23.4. The number of ether oxygens (including phenoxy) is 1. The molecule has 5 heteroatoms. The first-order chi connectivity index (χ1) is 9.04. The van der Waals surface area contributed by atoms with E-state index in [0.717, 1.165) is 0 Å². The highest BCUT2D eigenvalue weighted by atomic mass is 19.1. The topological polar surface area (TPSA) is 55.4 Å². The van der Waals surface area contributed by atoms with Crippen LogP contribution in [-0.4, -0.2) is 19.0 Å². The van der Waals surface area contributed by atoms with Crippen LogP contribution in [0.5, 0.6) is 0 Å². The van der Waals surface area contributed by atoms with Gasteiger partial charge >= 0.3 is 5.97 Å². The number of carbonyl (C=O) groups excluding carboxylic acids is 2. The first-order valence-electron chi connectivity index (χ1n) is 5.85. The van der Waals surface area contributed by atoms with Gasteiger partial charge in [-0.1, -0.05) is 24.8 Å². The Morgan fingerprint density at radius 3 is 2.79 bits per heavy atom. The van der Waals surface area contributed by atoms with E-state index in [1.165, 1.54) is 13.2 Å². The van der Waals surface area contributed by atoms with Crippen LogP contribution < -0.4 is 5.32 Å². The van der Waals surface area contributed by atoms with Gasteiger partial charge in [0.2, 0.25) is 5.91 Å². The van der Waals surface area contributed by atoms with E-state index in [9.17, 15) is 14.0 Å². The molecule has 2 atom stereocenters. The lowest BCUT2D eigenvalue weighted by Crippen LogP contribution is -2.41. The van der Waals surface area contributed by atoms with Crippen molar-refractivity contribution in [2.24, 2.45) is 5.92 Å². The van der Waals surface area contributed by atoms with E-state index >= 15 is 0 Å². The zero-order valence-corrected chi connectivity index (χ0v) is 10.5. The molecule has 100 valence electrons. The fraction of sp³-hybridized carbons (Fsp3) is 0.286. The summed E-state index contributed by atoms with van der Waals surface area (Å²) in [5.74, 6) is -2.60. The number of esters is 1. The molecule has 1 aliphatic rings. The summed E-state index contributed by atoms with van der Waals surface area (Å²) >= 11 is 0. The van der Waals surface area contributed by atoms with Crippen LogP contribution in [0.1, 0.15) is 17.9 Å². The number of nitrogens with one attached hydrogen (secondary N) is 1. The first kappa shape index (κ1) is 13.3. The smallest absolute Gasteiger partial charge is 0.315 e. The van der Waals surface area contributed by atoms with E-state index in [1.54, 1.807) is 18.2 Å². The van der Waals surface area contributed by atoms with Gasteiger partial charge in [-0.05, 0) is 11.6 Å². The van der Waals surface area contributed by atoms with Gasteiger partial charge in [0.1, 0.15) is 11.7 Å². The molecule has 4 nitrogen and oxygen atoms in total. The van der Waals surface area contributed by atoms with Gasteiger partial charge < -0.3 is 10.1 Å². The fourth-order valence-electron chi connectivity index (χ4n) is 2.37. The average molecular weight is 263 g/mol. The van der Waals surface area contributed by atoms with Crippen molar-refractivity contribution in [2.45, 2.75) is 12.3 Å². The van der Waals surface area contributed by atoms with Crippen LogP contribution >= 0.6 is 0 Å². The molecular formula is C14H14FNO3. The maximum absolute atomic E-state index is 13.9. The van der Waals surface area contributed by atoms with E-state index in [-0.39, 0.29) is 18.0 Å². The number of piperidine rings is 1. The molecule has 2 unspecified atom stereocenters. The molecule has 19 heavy (non-hydrogen) atoms. The van der Waals surface area contributed by atoms with Gasteiger partial charge in [-0.2, -0.15) is 0 Å². The molecule has 0 saturated carbocycles. The Morgan fingerprint density at radius 1 is 1.47 bits per heavy atom. The monoisotopic (exact) mass is 263 g/mol. The molecule has 0 aliphatic carbocycles. The van der Waals surface area contributed by atoms with E-state index in [4.69, 9.17) is 4.74 Å². The van der Waals surface area contributed by atoms with Crippen LogP contribution in [0.25, 0.3) is 0 Å². The van der Waals surface area contributed by atoms with Gasteiger partial charge in [-0.15, -0.1) is 0 Å². The molecule has 2 rings (SSSR count). The highest BCUT2D eigenvalue weighted by Crippen LogP contribution is 2.36. The summed E-state index contributed by atoms with van der Waals surface area (Å²) in [6.07, 6.45) is 0.0275. The van der Waals surface area contributed by atoms with Gasteiger partial charge in [-0.3, -0.25) is 9.59 Å². The van der Waals surface area contributed by atoms with E-state index in [0.29, 0.717) is 5.56 Å².